The lowest BCUT2D eigenvalue weighted by molar-refractivity contribution is -0.196. The third-order valence-electron chi connectivity index (χ3n) is 4.12. The first kappa shape index (κ1) is 17.3. The van der Waals surface area contributed by atoms with Gasteiger partial charge in [-0.1, -0.05) is 18.2 Å². The summed E-state index contributed by atoms with van der Waals surface area (Å²) in [6.45, 7) is -1.57. The van der Waals surface area contributed by atoms with Crippen LogP contribution in [0.3, 0.4) is 0 Å². The van der Waals surface area contributed by atoms with E-state index in [1.807, 2.05) is 0 Å². The maximum absolute atomic E-state index is 13.7. The number of carboxylic acids is 1. The average Bonchev–Trinajstić information content (AvgIpc) is 2.90. The molecule has 25 heavy (non-hydrogen) atoms. The molecule has 2 aromatic rings. The van der Waals surface area contributed by atoms with Gasteiger partial charge in [0.25, 0.3) is 0 Å². The molecular formula is C16H15F3N2O4. The number of aromatic amines is 1. The highest BCUT2D eigenvalue weighted by Gasteiger charge is 2.50. The molecule has 0 saturated heterocycles. The zero-order valence-electron chi connectivity index (χ0n) is 13.0. The molecule has 0 saturated carbocycles. The first-order valence-corrected chi connectivity index (χ1v) is 7.54. The van der Waals surface area contributed by atoms with Gasteiger partial charge in [-0.05, 0) is 18.1 Å². The molecule has 1 aliphatic heterocycles. The fraction of sp³-hybridized carbons (Fsp3) is 0.375. The van der Waals surface area contributed by atoms with E-state index in [-0.39, 0.29) is 18.7 Å². The van der Waals surface area contributed by atoms with Crippen molar-refractivity contribution in [1.29, 1.82) is 0 Å². The molecule has 0 bridgehead atoms. The Morgan fingerprint density at radius 1 is 1.28 bits per heavy atom. The summed E-state index contributed by atoms with van der Waals surface area (Å²) in [5.41, 5.74) is 1.08. The first-order chi connectivity index (χ1) is 11.8. The number of benzene rings is 1. The highest BCUT2D eigenvalue weighted by molar-refractivity contribution is 5.86. The average molecular weight is 356 g/mol. The molecule has 1 aromatic heterocycles. The van der Waals surface area contributed by atoms with Gasteiger partial charge in [0.2, 0.25) is 5.91 Å². The van der Waals surface area contributed by atoms with Crippen LogP contribution < -0.4 is 0 Å². The van der Waals surface area contributed by atoms with E-state index in [1.165, 1.54) is 0 Å². The summed E-state index contributed by atoms with van der Waals surface area (Å²) in [5, 5.41) is 9.20. The Kier molecular flexibility index (Phi) is 4.42. The van der Waals surface area contributed by atoms with Crippen LogP contribution in [0.15, 0.2) is 24.3 Å². The Morgan fingerprint density at radius 2 is 2.00 bits per heavy atom. The van der Waals surface area contributed by atoms with E-state index in [0.29, 0.717) is 21.4 Å². The molecule has 9 heteroatoms. The molecule has 1 aromatic carbocycles. The zero-order valence-corrected chi connectivity index (χ0v) is 13.0. The number of alkyl halides is 3. The van der Waals surface area contributed by atoms with Crippen molar-refractivity contribution in [2.45, 2.75) is 18.6 Å². The molecule has 0 spiro atoms. The van der Waals surface area contributed by atoms with Gasteiger partial charge in [0.15, 0.2) is 6.04 Å². The number of ether oxygens (including phenoxy) is 1. The van der Waals surface area contributed by atoms with E-state index < -0.39 is 37.3 Å². The van der Waals surface area contributed by atoms with E-state index in [1.54, 1.807) is 24.3 Å². The number of nitrogens with one attached hydrogen (secondary N) is 1. The number of fused-ring (bicyclic) bond motifs is 3. The van der Waals surface area contributed by atoms with Crippen molar-refractivity contribution < 1.29 is 32.6 Å². The van der Waals surface area contributed by atoms with Crippen LogP contribution >= 0.6 is 0 Å². The highest BCUT2D eigenvalue weighted by atomic mass is 19.4. The summed E-state index contributed by atoms with van der Waals surface area (Å²) in [5.74, 6) is -2.19. The number of para-hydroxylation sites is 1. The molecule has 1 aliphatic rings. The number of aliphatic carboxylic acids is 1. The van der Waals surface area contributed by atoms with Gasteiger partial charge in [-0.3, -0.25) is 4.79 Å². The van der Waals surface area contributed by atoms with E-state index in [9.17, 15) is 22.8 Å². The minimum absolute atomic E-state index is 0.0495. The van der Waals surface area contributed by atoms with E-state index >= 15 is 0 Å². The summed E-state index contributed by atoms with van der Waals surface area (Å²) < 4.78 is 45.6. The van der Waals surface area contributed by atoms with Crippen LogP contribution in [-0.4, -0.2) is 52.8 Å². The lowest BCUT2D eigenvalue weighted by Crippen LogP contribution is -2.47. The Morgan fingerprint density at radius 3 is 2.68 bits per heavy atom. The lowest BCUT2D eigenvalue weighted by atomic mass is 9.97. The van der Waals surface area contributed by atoms with Crippen LogP contribution in [0.25, 0.3) is 10.9 Å². The largest absolute Gasteiger partial charge is 0.480 e. The number of amides is 1. The number of halogens is 3. The number of hydrogen-bond donors (Lipinski definition) is 2. The minimum Gasteiger partial charge on any atom is -0.480 e. The van der Waals surface area contributed by atoms with Gasteiger partial charge in [0.05, 0.1) is 5.69 Å². The van der Waals surface area contributed by atoms with Crippen LogP contribution in [0.1, 0.15) is 17.3 Å². The Bertz CT molecular complexity index is 815. The van der Waals surface area contributed by atoms with Crippen molar-refractivity contribution in [3.8, 4) is 0 Å². The van der Waals surface area contributed by atoms with Crippen molar-refractivity contribution >= 4 is 22.8 Å². The molecule has 1 unspecified atom stereocenters. The van der Waals surface area contributed by atoms with E-state index in [0.717, 1.165) is 0 Å². The Hall–Kier alpha value is -2.55. The minimum atomic E-state index is -4.67. The quantitative estimate of drug-likeness (QED) is 0.880. The van der Waals surface area contributed by atoms with Crippen LogP contribution in [0.5, 0.6) is 0 Å². The van der Waals surface area contributed by atoms with Crippen LogP contribution in [0.2, 0.25) is 0 Å². The van der Waals surface area contributed by atoms with Gasteiger partial charge in [0.1, 0.15) is 13.2 Å². The summed E-state index contributed by atoms with van der Waals surface area (Å²) in [6.07, 6.45) is -4.39. The van der Waals surface area contributed by atoms with Gasteiger partial charge in [0, 0.05) is 17.4 Å². The summed E-state index contributed by atoms with van der Waals surface area (Å²) >= 11 is 0. The highest BCUT2D eigenvalue weighted by Crippen LogP contribution is 2.43. The topological polar surface area (TPSA) is 82.6 Å². The predicted molar refractivity (Wildman–Crippen MR) is 81.0 cm³/mol. The van der Waals surface area contributed by atoms with Gasteiger partial charge in [-0.15, -0.1) is 0 Å². The van der Waals surface area contributed by atoms with Crippen molar-refractivity contribution in [3.05, 3.63) is 35.5 Å². The third-order valence-corrected chi connectivity index (χ3v) is 4.12. The molecule has 0 aliphatic carbocycles. The third kappa shape index (κ3) is 3.32. The standard InChI is InChI=1S/C16H15F3N2O4/c17-16(18,19)15-14-10(9-3-1-2-4-11(9)20-14)5-6-21(15)12(22)7-25-8-13(23)24/h1-4,15,20H,5-8H2,(H,23,24). The molecule has 3 rings (SSSR count). The van der Waals surface area contributed by atoms with E-state index in [4.69, 9.17) is 5.11 Å². The number of hydrogen-bond acceptors (Lipinski definition) is 3. The van der Waals surface area contributed by atoms with Crippen molar-refractivity contribution in [2.24, 2.45) is 0 Å². The van der Waals surface area contributed by atoms with Gasteiger partial charge in [-0.25, -0.2) is 4.79 Å². The summed E-state index contributed by atoms with van der Waals surface area (Å²) in [4.78, 5) is 26.0. The summed E-state index contributed by atoms with van der Waals surface area (Å²) in [7, 11) is 0. The Labute approximate surface area is 140 Å². The molecule has 0 fully saturated rings. The fourth-order valence-electron chi connectivity index (χ4n) is 3.16. The summed E-state index contributed by atoms with van der Waals surface area (Å²) in [6, 6.07) is 4.78. The number of carbonyl (C=O) groups excluding carboxylic acids is 1. The second-order valence-corrected chi connectivity index (χ2v) is 5.73. The molecule has 1 atom stereocenters. The van der Waals surface area contributed by atoms with Crippen LogP contribution in [-0.2, 0) is 20.7 Å². The molecule has 2 heterocycles. The number of H-pyrrole nitrogens is 1. The van der Waals surface area contributed by atoms with Crippen molar-refractivity contribution in [2.75, 3.05) is 19.8 Å². The molecule has 1 amide bonds. The van der Waals surface area contributed by atoms with Gasteiger partial charge >= 0.3 is 12.1 Å². The van der Waals surface area contributed by atoms with E-state index in [2.05, 4.69) is 9.72 Å². The second kappa shape index (κ2) is 6.40. The van der Waals surface area contributed by atoms with Gasteiger partial charge < -0.3 is 19.7 Å². The first-order valence-electron chi connectivity index (χ1n) is 7.54. The monoisotopic (exact) mass is 356 g/mol. The SMILES string of the molecule is O=C(O)COCC(=O)N1CCc2c([nH]c3ccccc23)C1C(F)(F)F. The molecule has 2 N–H and O–H groups in total. The van der Waals surface area contributed by atoms with Crippen molar-refractivity contribution in [3.63, 3.8) is 0 Å². The maximum Gasteiger partial charge on any atom is 0.414 e. The number of carboxylic acid groups (broad SMARTS) is 1. The number of aromatic nitrogens is 1. The molecular weight excluding hydrogens is 341 g/mol. The van der Waals surface area contributed by atoms with Crippen LogP contribution in [0.4, 0.5) is 13.2 Å². The fourth-order valence-corrected chi connectivity index (χ4v) is 3.16. The number of carbonyl (C=O) groups is 2. The Balaban J connectivity index is 1.93. The lowest BCUT2D eigenvalue weighted by Gasteiger charge is -2.36. The zero-order chi connectivity index (χ0) is 18.2. The molecule has 0 radical (unpaired) electrons. The van der Waals surface area contributed by atoms with Crippen LogP contribution in [0, 0.1) is 0 Å². The normalized spacial score (nSPS) is 17.6. The molecule has 134 valence electrons. The second-order valence-electron chi connectivity index (χ2n) is 5.73. The number of nitrogens with zero attached hydrogens (tertiary/aromatic N) is 1. The number of rotatable bonds is 4. The maximum atomic E-state index is 13.7. The predicted octanol–water partition coefficient (Wildman–Crippen LogP) is 2.26. The molecule has 6 nitrogen and oxygen atoms in total. The smallest absolute Gasteiger partial charge is 0.414 e. The van der Waals surface area contributed by atoms with Crippen molar-refractivity contribution in [1.82, 2.24) is 9.88 Å². The van der Waals surface area contributed by atoms with Gasteiger partial charge in [-0.2, -0.15) is 13.2 Å².